The molecule has 1 aliphatic heterocycles. The standard InChI is InChI=1S/C13H21N3O2/c1-14-13(17)10-16-6-4-11(5-7-16)15-9-12-3-2-8-18-12/h2-3,8,11,15H,4-7,9-10H2,1H3,(H,14,17). The van der Waals surface area contributed by atoms with Gasteiger partial charge < -0.3 is 15.1 Å². The van der Waals surface area contributed by atoms with Gasteiger partial charge in [-0.25, -0.2) is 0 Å². The Balaban J connectivity index is 1.65. The fraction of sp³-hybridized carbons (Fsp3) is 0.615. The summed E-state index contributed by atoms with van der Waals surface area (Å²) >= 11 is 0. The van der Waals surface area contributed by atoms with Crippen molar-refractivity contribution >= 4 is 5.91 Å². The van der Waals surface area contributed by atoms with Crippen LogP contribution in [0.1, 0.15) is 18.6 Å². The summed E-state index contributed by atoms with van der Waals surface area (Å²) in [5, 5.41) is 6.15. The number of likely N-dealkylation sites (N-methyl/N-ethyl adjacent to an activating group) is 1. The van der Waals surface area contributed by atoms with Gasteiger partial charge in [0.15, 0.2) is 0 Å². The Morgan fingerprint density at radius 1 is 1.50 bits per heavy atom. The topological polar surface area (TPSA) is 57.5 Å². The maximum absolute atomic E-state index is 11.3. The molecule has 5 heteroatoms. The van der Waals surface area contributed by atoms with Gasteiger partial charge in [0.2, 0.25) is 5.91 Å². The summed E-state index contributed by atoms with van der Waals surface area (Å²) < 4.78 is 5.29. The molecule has 0 spiro atoms. The van der Waals surface area contributed by atoms with Crippen molar-refractivity contribution < 1.29 is 9.21 Å². The number of carbonyl (C=O) groups is 1. The van der Waals surface area contributed by atoms with Crippen molar-refractivity contribution in [2.75, 3.05) is 26.7 Å². The van der Waals surface area contributed by atoms with Gasteiger partial charge in [0.1, 0.15) is 5.76 Å². The maximum Gasteiger partial charge on any atom is 0.233 e. The Kier molecular flexibility index (Phi) is 4.78. The number of amides is 1. The molecule has 18 heavy (non-hydrogen) atoms. The van der Waals surface area contributed by atoms with E-state index in [1.54, 1.807) is 13.3 Å². The Morgan fingerprint density at radius 2 is 2.28 bits per heavy atom. The quantitative estimate of drug-likeness (QED) is 0.804. The minimum absolute atomic E-state index is 0.0944. The smallest absolute Gasteiger partial charge is 0.233 e. The summed E-state index contributed by atoms with van der Waals surface area (Å²) in [6, 6.07) is 4.41. The molecule has 1 fully saturated rings. The van der Waals surface area contributed by atoms with E-state index in [4.69, 9.17) is 4.42 Å². The third-order valence-corrected chi connectivity index (χ3v) is 3.38. The molecular weight excluding hydrogens is 230 g/mol. The number of piperidine rings is 1. The van der Waals surface area contributed by atoms with Crippen LogP contribution < -0.4 is 10.6 Å². The lowest BCUT2D eigenvalue weighted by Gasteiger charge is -2.31. The van der Waals surface area contributed by atoms with Gasteiger partial charge >= 0.3 is 0 Å². The molecule has 0 bridgehead atoms. The summed E-state index contributed by atoms with van der Waals surface area (Å²) in [5.74, 6) is 1.07. The third-order valence-electron chi connectivity index (χ3n) is 3.38. The molecule has 5 nitrogen and oxygen atoms in total. The van der Waals surface area contributed by atoms with Crippen LogP contribution >= 0.6 is 0 Å². The predicted octanol–water partition coefficient (Wildman–Crippen LogP) is 0.580. The lowest BCUT2D eigenvalue weighted by molar-refractivity contribution is -0.122. The SMILES string of the molecule is CNC(=O)CN1CCC(NCc2ccco2)CC1. The monoisotopic (exact) mass is 251 g/mol. The fourth-order valence-corrected chi connectivity index (χ4v) is 2.24. The van der Waals surface area contributed by atoms with Crippen LogP contribution in [0, 0.1) is 0 Å². The van der Waals surface area contributed by atoms with E-state index < -0.39 is 0 Å². The Labute approximate surface area is 108 Å². The summed E-state index contributed by atoms with van der Waals surface area (Å²) in [7, 11) is 1.68. The van der Waals surface area contributed by atoms with E-state index >= 15 is 0 Å². The molecule has 0 unspecified atom stereocenters. The maximum atomic E-state index is 11.3. The second-order valence-corrected chi connectivity index (χ2v) is 4.68. The van der Waals surface area contributed by atoms with Gasteiger partial charge in [-0.15, -0.1) is 0 Å². The molecular formula is C13H21N3O2. The molecule has 2 N–H and O–H groups in total. The lowest BCUT2D eigenvalue weighted by Crippen LogP contribution is -2.45. The Morgan fingerprint density at radius 3 is 2.89 bits per heavy atom. The van der Waals surface area contributed by atoms with E-state index in [2.05, 4.69) is 15.5 Å². The van der Waals surface area contributed by atoms with Crippen LogP contribution in [-0.2, 0) is 11.3 Å². The van der Waals surface area contributed by atoms with Gasteiger partial charge in [-0.2, -0.15) is 0 Å². The number of nitrogens with zero attached hydrogens (tertiary/aromatic N) is 1. The minimum Gasteiger partial charge on any atom is -0.468 e. The second-order valence-electron chi connectivity index (χ2n) is 4.68. The molecule has 1 aromatic rings. The van der Waals surface area contributed by atoms with E-state index in [1.165, 1.54) is 0 Å². The highest BCUT2D eigenvalue weighted by atomic mass is 16.3. The van der Waals surface area contributed by atoms with Gasteiger partial charge in [0, 0.05) is 26.2 Å². The average Bonchev–Trinajstić information content (AvgIpc) is 2.91. The number of rotatable bonds is 5. The predicted molar refractivity (Wildman–Crippen MR) is 69.1 cm³/mol. The largest absolute Gasteiger partial charge is 0.468 e. The fourth-order valence-electron chi connectivity index (χ4n) is 2.24. The Bertz CT molecular complexity index is 356. The van der Waals surface area contributed by atoms with Crippen LogP contribution in [0.15, 0.2) is 22.8 Å². The van der Waals surface area contributed by atoms with E-state index in [1.807, 2.05) is 12.1 Å². The van der Waals surface area contributed by atoms with E-state index in [9.17, 15) is 4.79 Å². The highest BCUT2D eigenvalue weighted by Gasteiger charge is 2.20. The summed E-state index contributed by atoms with van der Waals surface area (Å²) in [6.07, 6.45) is 3.86. The normalized spacial score (nSPS) is 17.8. The summed E-state index contributed by atoms with van der Waals surface area (Å²) in [6.45, 7) is 3.25. The van der Waals surface area contributed by atoms with Crippen LogP contribution in [0.25, 0.3) is 0 Å². The Hall–Kier alpha value is -1.33. The van der Waals surface area contributed by atoms with Crippen molar-refractivity contribution in [1.29, 1.82) is 0 Å². The molecule has 0 aliphatic carbocycles. The number of carbonyl (C=O) groups excluding carboxylic acids is 1. The van der Waals surface area contributed by atoms with Gasteiger partial charge in [-0.3, -0.25) is 9.69 Å². The third kappa shape index (κ3) is 3.85. The van der Waals surface area contributed by atoms with E-state index in [-0.39, 0.29) is 5.91 Å². The van der Waals surface area contributed by atoms with Crippen molar-refractivity contribution in [3.8, 4) is 0 Å². The number of furan rings is 1. The number of likely N-dealkylation sites (tertiary alicyclic amines) is 1. The molecule has 1 aromatic heterocycles. The van der Waals surface area contributed by atoms with Crippen molar-refractivity contribution in [2.45, 2.75) is 25.4 Å². The van der Waals surface area contributed by atoms with Gasteiger partial charge in [-0.1, -0.05) is 0 Å². The summed E-state index contributed by atoms with van der Waals surface area (Å²) in [4.78, 5) is 13.5. The molecule has 0 saturated carbocycles. The van der Waals surface area contributed by atoms with E-state index in [0.29, 0.717) is 12.6 Å². The van der Waals surface area contributed by atoms with Crippen LogP contribution in [0.2, 0.25) is 0 Å². The molecule has 0 atom stereocenters. The first kappa shape index (κ1) is 13.1. The van der Waals surface area contributed by atoms with Crippen molar-refractivity contribution in [3.63, 3.8) is 0 Å². The van der Waals surface area contributed by atoms with E-state index in [0.717, 1.165) is 38.2 Å². The first-order chi connectivity index (χ1) is 8.78. The zero-order chi connectivity index (χ0) is 12.8. The van der Waals surface area contributed by atoms with Gasteiger partial charge in [-0.05, 0) is 25.0 Å². The molecule has 1 saturated heterocycles. The number of hydrogen-bond donors (Lipinski definition) is 2. The van der Waals surface area contributed by atoms with Crippen molar-refractivity contribution in [2.24, 2.45) is 0 Å². The highest BCUT2D eigenvalue weighted by Crippen LogP contribution is 2.11. The molecule has 2 rings (SSSR count). The molecule has 1 amide bonds. The molecule has 1 aliphatic rings. The van der Waals surface area contributed by atoms with Crippen molar-refractivity contribution in [3.05, 3.63) is 24.2 Å². The zero-order valence-corrected chi connectivity index (χ0v) is 10.8. The second kappa shape index (κ2) is 6.56. The molecule has 0 radical (unpaired) electrons. The number of hydrogen-bond acceptors (Lipinski definition) is 4. The van der Waals surface area contributed by atoms with Crippen LogP contribution in [0.3, 0.4) is 0 Å². The molecule has 2 heterocycles. The van der Waals surface area contributed by atoms with Crippen LogP contribution in [0.5, 0.6) is 0 Å². The lowest BCUT2D eigenvalue weighted by atomic mass is 10.1. The minimum atomic E-state index is 0.0944. The van der Waals surface area contributed by atoms with Crippen LogP contribution in [-0.4, -0.2) is 43.5 Å². The first-order valence-electron chi connectivity index (χ1n) is 6.46. The van der Waals surface area contributed by atoms with Gasteiger partial charge in [0.05, 0.1) is 19.4 Å². The highest BCUT2D eigenvalue weighted by molar-refractivity contribution is 5.77. The molecule has 0 aromatic carbocycles. The first-order valence-corrected chi connectivity index (χ1v) is 6.46. The number of nitrogens with one attached hydrogen (secondary N) is 2. The zero-order valence-electron chi connectivity index (χ0n) is 10.8. The average molecular weight is 251 g/mol. The van der Waals surface area contributed by atoms with Crippen LogP contribution in [0.4, 0.5) is 0 Å². The molecule has 100 valence electrons. The summed E-state index contributed by atoms with van der Waals surface area (Å²) in [5.41, 5.74) is 0. The van der Waals surface area contributed by atoms with Crippen molar-refractivity contribution in [1.82, 2.24) is 15.5 Å². The van der Waals surface area contributed by atoms with Gasteiger partial charge in [0.25, 0.3) is 0 Å².